The van der Waals surface area contributed by atoms with E-state index in [-0.39, 0.29) is 4.90 Å². The van der Waals surface area contributed by atoms with Crippen LogP contribution >= 0.6 is 0 Å². The minimum Gasteiger partial charge on any atom is -0.480 e. The van der Waals surface area contributed by atoms with Gasteiger partial charge in [0.05, 0.1) is 4.90 Å². The van der Waals surface area contributed by atoms with Crippen LogP contribution in [-0.2, 0) is 14.8 Å². The van der Waals surface area contributed by atoms with Gasteiger partial charge in [0, 0.05) is 0 Å². The van der Waals surface area contributed by atoms with Gasteiger partial charge in [0.25, 0.3) is 0 Å². The van der Waals surface area contributed by atoms with Gasteiger partial charge in [-0.3, -0.25) is 4.79 Å². The van der Waals surface area contributed by atoms with Crippen LogP contribution < -0.4 is 4.72 Å². The molecular formula is C13H19NO4S. The van der Waals surface area contributed by atoms with E-state index in [4.69, 9.17) is 5.11 Å². The quantitative estimate of drug-likeness (QED) is 0.836. The largest absolute Gasteiger partial charge is 0.480 e. The lowest BCUT2D eigenvalue weighted by atomic mass is 9.99. The Hall–Kier alpha value is -1.40. The molecule has 5 nitrogen and oxygen atoms in total. The summed E-state index contributed by atoms with van der Waals surface area (Å²) >= 11 is 0. The number of carboxylic acid groups (broad SMARTS) is 1. The van der Waals surface area contributed by atoms with Gasteiger partial charge in [0.1, 0.15) is 6.04 Å². The highest BCUT2D eigenvalue weighted by Crippen LogP contribution is 2.20. The van der Waals surface area contributed by atoms with E-state index in [0.717, 1.165) is 12.0 Å². The average molecular weight is 285 g/mol. The summed E-state index contributed by atoms with van der Waals surface area (Å²) in [6.45, 7) is 5.41. The Morgan fingerprint density at radius 3 is 2.21 bits per heavy atom. The first kappa shape index (κ1) is 15.7. The van der Waals surface area contributed by atoms with E-state index in [2.05, 4.69) is 18.6 Å². The van der Waals surface area contributed by atoms with Gasteiger partial charge in [-0.2, -0.15) is 4.72 Å². The number of aliphatic carboxylic acids is 1. The highest BCUT2D eigenvalue weighted by molar-refractivity contribution is 7.89. The summed E-state index contributed by atoms with van der Waals surface area (Å²) in [4.78, 5) is 10.7. The molecule has 0 radical (unpaired) electrons. The molecule has 0 aliphatic rings. The van der Waals surface area contributed by atoms with Gasteiger partial charge in [0.15, 0.2) is 0 Å². The molecule has 0 spiro atoms. The Balaban J connectivity index is 2.94. The molecule has 1 aromatic carbocycles. The van der Waals surface area contributed by atoms with Crippen molar-refractivity contribution in [3.8, 4) is 0 Å². The van der Waals surface area contributed by atoms with Crippen LogP contribution in [0.5, 0.6) is 0 Å². The summed E-state index contributed by atoms with van der Waals surface area (Å²) < 4.78 is 26.0. The Morgan fingerprint density at radius 1 is 1.26 bits per heavy atom. The molecule has 0 aliphatic heterocycles. The van der Waals surface area contributed by atoms with Crippen molar-refractivity contribution in [2.75, 3.05) is 0 Å². The first-order valence-corrected chi connectivity index (χ1v) is 7.61. The summed E-state index contributed by atoms with van der Waals surface area (Å²) in [6.07, 6.45) is 0.973. The van der Waals surface area contributed by atoms with E-state index < -0.39 is 22.0 Å². The van der Waals surface area contributed by atoms with Crippen molar-refractivity contribution in [1.82, 2.24) is 4.72 Å². The molecule has 1 aromatic rings. The van der Waals surface area contributed by atoms with E-state index in [0.29, 0.717) is 5.92 Å². The second kappa shape index (κ2) is 6.16. The highest BCUT2D eigenvalue weighted by atomic mass is 32.2. The zero-order valence-electron chi connectivity index (χ0n) is 11.3. The number of benzene rings is 1. The number of hydrogen-bond acceptors (Lipinski definition) is 3. The molecule has 0 heterocycles. The first-order valence-electron chi connectivity index (χ1n) is 6.13. The Morgan fingerprint density at radius 2 is 1.79 bits per heavy atom. The van der Waals surface area contributed by atoms with Gasteiger partial charge in [-0.05, 0) is 37.0 Å². The normalized spacial score (nSPS) is 14.9. The molecule has 2 N–H and O–H groups in total. The molecule has 19 heavy (non-hydrogen) atoms. The van der Waals surface area contributed by atoms with E-state index >= 15 is 0 Å². The van der Waals surface area contributed by atoms with Crippen molar-refractivity contribution < 1.29 is 18.3 Å². The van der Waals surface area contributed by atoms with E-state index in [9.17, 15) is 13.2 Å². The predicted molar refractivity (Wildman–Crippen MR) is 72.6 cm³/mol. The number of carboxylic acids is 1. The smallest absolute Gasteiger partial charge is 0.321 e. The van der Waals surface area contributed by atoms with Crippen LogP contribution in [0.15, 0.2) is 29.2 Å². The van der Waals surface area contributed by atoms with Gasteiger partial charge >= 0.3 is 5.97 Å². The van der Waals surface area contributed by atoms with Gasteiger partial charge < -0.3 is 5.11 Å². The zero-order valence-corrected chi connectivity index (χ0v) is 12.1. The molecule has 2 unspecified atom stereocenters. The average Bonchev–Trinajstić information content (AvgIpc) is 2.37. The van der Waals surface area contributed by atoms with Gasteiger partial charge in [-0.25, -0.2) is 8.42 Å². The van der Waals surface area contributed by atoms with Crippen LogP contribution in [0.4, 0.5) is 0 Å². The molecular weight excluding hydrogens is 266 g/mol. The third-order valence-electron chi connectivity index (χ3n) is 3.07. The maximum absolute atomic E-state index is 11.9. The minimum absolute atomic E-state index is 0.0765. The van der Waals surface area contributed by atoms with Crippen molar-refractivity contribution in [3.63, 3.8) is 0 Å². The van der Waals surface area contributed by atoms with Crippen molar-refractivity contribution in [1.29, 1.82) is 0 Å². The topological polar surface area (TPSA) is 83.5 Å². The van der Waals surface area contributed by atoms with Crippen LogP contribution in [0, 0.1) is 0 Å². The molecule has 1 rings (SSSR count). The SMILES string of the molecule is CCC(C)c1ccc(S(=O)(=O)NC(C)C(=O)O)cc1. The summed E-state index contributed by atoms with van der Waals surface area (Å²) in [5, 5.41) is 8.71. The van der Waals surface area contributed by atoms with Crippen LogP contribution in [-0.4, -0.2) is 25.5 Å². The molecule has 0 aromatic heterocycles. The van der Waals surface area contributed by atoms with E-state index in [1.807, 2.05) is 0 Å². The fourth-order valence-electron chi connectivity index (χ4n) is 1.56. The number of rotatable bonds is 6. The van der Waals surface area contributed by atoms with Gasteiger partial charge in [0.2, 0.25) is 10.0 Å². The van der Waals surface area contributed by atoms with E-state index in [1.165, 1.54) is 19.1 Å². The minimum atomic E-state index is -3.78. The van der Waals surface area contributed by atoms with Crippen LogP contribution in [0.3, 0.4) is 0 Å². The lowest BCUT2D eigenvalue weighted by Gasteiger charge is -2.12. The third-order valence-corrected chi connectivity index (χ3v) is 4.63. The number of carbonyl (C=O) groups is 1. The molecule has 0 saturated carbocycles. The molecule has 0 amide bonds. The number of nitrogens with one attached hydrogen (secondary N) is 1. The molecule has 0 saturated heterocycles. The molecule has 0 bridgehead atoms. The van der Waals surface area contributed by atoms with Gasteiger partial charge in [-0.15, -0.1) is 0 Å². The van der Waals surface area contributed by atoms with Crippen molar-refractivity contribution in [2.24, 2.45) is 0 Å². The highest BCUT2D eigenvalue weighted by Gasteiger charge is 2.21. The third kappa shape index (κ3) is 4.04. The maximum atomic E-state index is 11.9. The second-order valence-electron chi connectivity index (χ2n) is 4.56. The Labute approximate surface area is 113 Å². The molecule has 106 valence electrons. The lowest BCUT2D eigenvalue weighted by Crippen LogP contribution is -2.38. The summed E-state index contributed by atoms with van der Waals surface area (Å²) in [6, 6.07) is 5.36. The summed E-state index contributed by atoms with van der Waals surface area (Å²) in [5.74, 6) is -0.845. The molecule has 0 aliphatic carbocycles. The van der Waals surface area contributed by atoms with Crippen LogP contribution in [0.2, 0.25) is 0 Å². The Bertz CT molecular complexity index is 536. The molecule has 6 heteroatoms. The predicted octanol–water partition coefficient (Wildman–Crippen LogP) is 1.95. The fraction of sp³-hybridized carbons (Fsp3) is 0.462. The number of sulfonamides is 1. The Kier molecular flexibility index (Phi) is 5.08. The molecule has 2 atom stereocenters. The van der Waals surface area contributed by atoms with Crippen molar-refractivity contribution >= 4 is 16.0 Å². The summed E-state index contributed by atoms with van der Waals surface area (Å²) in [5.41, 5.74) is 1.06. The molecule has 0 fully saturated rings. The van der Waals surface area contributed by atoms with Crippen LogP contribution in [0.25, 0.3) is 0 Å². The maximum Gasteiger partial charge on any atom is 0.321 e. The zero-order chi connectivity index (χ0) is 14.6. The standard InChI is InChI=1S/C13H19NO4S/c1-4-9(2)11-5-7-12(8-6-11)19(17,18)14-10(3)13(15)16/h5-10,14H,4H2,1-3H3,(H,15,16). The van der Waals surface area contributed by atoms with Crippen LogP contribution in [0.1, 0.15) is 38.7 Å². The summed E-state index contributed by atoms with van der Waals surface area (Å²) in [7, 11) is -3.78. The monoisotopic (exact) mass is 285 g/mol. The fourth-order valence-corrected chi connectivity index (χ4v) is 2.76. The first-order chi connectivity index (χ1) is 8.77. The van der Waals surface area contributed by atoms with Gasteiger partial charge in [-0.1, -0.05) is 26.0 Å². The van der Waals surface area contributed by atoms with Crippen molar-refractivity contribution in [2.45, 2.75) is 44.0 Å². The van der Waals surface area contributed by atoms with Crippen molar-refractivity contribution in [3.05, 3.63) is 29.8 Å². The van der Waals surface area contributed by atoms with E-state index in [1.54, 1.807) is 12.1 Å². The lowest BCUT2D eigenvalue weighted by molar-refractivity contribution is -0.138. The second-order valence-corrected chi connectivity index (χ2v) is 6.27. The number of hydrogen-bond donors (Lipinski definition) is 2.